The van der Waals surface area contributed by atoms with Crippen molar-refractivity contribution in [1.82, 2.24) is 9.78 Å². The summed E-state index contributed by atoms with van der Waals surface area (Å²) in [7, 11) is 1.34. The fraction of sp³-hybridized carbons (Fsp3) is 0.190. The van der Waals surface area contributed by atoms with Crippen LogP contribution in [0.25, 0.3) is 11.3 Å². The largest absolute Gasteiger partial charge is 0.494 e. The molecule has 0 radical (unpaired) electrons. The number of ether oxygens (including phenoxy) is 1. The van der Waals surface area contributed by atoms with Crippen LogP contribution in [0, 0.1) is 10.1 Å². The standard InChI is InChI=1S/C21H20N4O5/c1-3-14-4-6-15(7-5-14)17-10-11-21(27)24(23-17)13-20(26)22-18-9-8-16(25(28)29)12-19(18)30-2/h4-12H,3,13H2,1-2H3,(H,22,26). The minimum atomic E-state index is -0.559. The molecule has 0 bridgehead atoms. The van der Waals surface area contributed by atoms with Gasteiger partial charge in [0.2, 0.25) is 5.91 Å². The molecule has 9 heteroatoms. The maximum Gasteiger partial charge on any atom is 0.273 e. The molecular formula is C21H20N4O5. The molecule has 30 heavy (non-hydrogen) atoms. The molecule has 1 amide bonds. The molecule has 0 unspecified atom stereocenters. The van der Waals surface area contributed by atoms with Crippen molar-refractivity contribution in [3.05, 3.63) is 80.6 Å². The fourth-order valence-electron chi connectivity index (χ4n) is 2.85. The number of aryl methyl sites for hydroxylation is 1. The lowest BCUT2D eigenvalue weighted by atomic mass is 10.1. The lowest BCUT2D eigenvalue weighted by molar-refractivity contribution is -0.384. The number of benzene rings is 2. The van der Waals surface area contributed by atoms with E-state index in [1.54, 1.807) is 6.07 Å². The van der Waals surface area contributed by atoms with Gasteiger partial charge in [0, 0.05) is 17.7 Å². The number of aromatic nitrogens is 2. The quantitative estimate of drug-likeness (QED) is 0.474. The van der Waals surface area contributed by atoms with Crippen molar-refractivity contribution in [3.63, 3.8) is 0 Å². The molecule has 0 atom stereocenters. The number of anilines is 1. The Labute approximate surface area is 172 Å². The molecule has 1 N–H and O–H groups in total. The average Bonchev–Trinajstić information content (AvgIpc) is 2.75. The first-order valence-electron chi connectivity index (χ1n) is 9.21. The topological polar surface area (TPSA) is 116 Å². The van der Waals surface area contributed by atoms with Gasteiger partial charge in [0.25, 0.3) is 11.2 Å². The maximum absolute atomic E-state index is 12.5. The Kier molecular flexibility index (Phi) is 6.21. The summed E-state index contributed by atoms with van der Waals surface area (Å²) in [6, 6.07) is 14.6. The summed E-state index contributed by atoms with van der Waals surface area (Å²) >= 11 is 0. The van der Waals surface area contributed by atoms with Gasteiger partial charge in [-0.2, -0.15) is 5.10 Å². The Morgan fingerprint density at radius 3 is 2.53 bits per heavy atom. The van der Waals surface area contributed by atoms with Crippen molar-refractivity contribution < 1.29 is 14.5 Å². The summed E-state index contributed by atoms with van der Waals surface area (Å²) in [5.41, 5.74) is 2.26. The van der Waals surface area contributed by atoms with Crippen molar-refractivity contribution in [2.75, 3.05) is 12.4 Å². The first kappa shape index (κ1) is 20.7. The molecule has 0 fully saturated rings. The highest BCUT2D eigenvalue weighted by Gasteiger charge is 2.14. The molecule has 3 rings (SSSR count). The van der Waals surface area contributed by atoms with Crippen LogP contribution in [0.4, 0.5) is 11.4 Å². The average molecular weight is 408 g/mol. The molecule has 0 aliphatic heterocycles. The van der Waals surface area contributed by atoms with Crippen LogP contribution < -0.4 is 15.6 Å². The van der Waals surface area contributed by atoms with Crippen molar-refractivity contribution in [2.45, 2.75) is 19.9 Å². The normalized spacial score (nSPS) is 10.5. The molecular weight excluding hydrogens is 388 g/mol. The van der Waals surface area contributed by atoms with Crippen molar-refractivity contribution in [1.29, 1.82) is 0 Å². The number of rotatable bonds is 7. The van der Waals surface area contributed by atoms with E-state index in [1.165, 1.54) is 36.9 Å². The van der Waals surface area contributed by atoms with E-state index < -0.39 is 16.4 Å². The maximum atomic E-state index is 12.5. The number of nitro groups is 1. The van der Waals surface area contributed by atoms with Gasteiger partial charge in [-0.15, -0.1) is 0 Å². The zero-order valence-corrected chi connectivity index (χ0v) is 16.5. The number of nitrogens with zero attached hydrogens (tertiary/aromatic N) is 3. The highest BCUT2D eigenvalue weighted by atomic mass is 16.6. The fourth-order valence-corrected chi connectivity index (χ4v) is 2.85. The van der Waals surface area contributed by atoms with E-state index in [0.717, 1.165) is 16.7 Å². The second kappa shape index (κ2) is 8.99. The molecule has 1 aromatic heterocycles. The molecule has 0 saturated carbocycles. The van der Waals surface area contributed by atoms with Gasteiger partial charge in [-0.3, -0.25) is 19.7 Å². The van der Waals surface area contributed by atoms with E-state index in [4.69, 9.17) is 4.74 Å². The smallest absolute Gasteiger partial charge is 0.273 e. The zero-order valence-electron chi connectivity index (χ0n) is 16.5. The van der Waals surface area contributed by atoms with Gasteiger partial charge in [0.1, 0.15) is 12.3 Å². The van der Waals surface area contributed by atoms with Crippen molar-refractivity contribution in [2.24, 2.45) is 0 Å². The minimum absolute atomic E-state index is 0.141. The highest BCUT2D eigenvalue weighted by molar-refractivity contribution is 5.92. The summed E-state index contributed by atoms with van der Waals surface area (Å²) in [6.07, 6.45) is 0.916. The first-order chi connectivity index (χ1) is 14.4. The molecule has 0 aliphatic carbocycles. The van der Waals surface area contributed by atoms with Crippen LogP contribution >= 0.6 is 0 Å². The van der Waals surface area contributed by atoms with Gasteiger partial charge in [0.05, 0.1) is 29.5 Å². The number of hydrogen-bond donors (Lipinski definition) is 1. The Hall–Kier alpha value is -4.01. The summed E-state index contributed by atoms with van der Waals surface area (Å²) < 4.78 is 6.17. The van der Waals surface area contributed by atoms with E-state index in [2.05, 4.69) is 17.3 Å². The third-order valence-corrected chi connectivity index (χ3v) is 4.49. The van der Waals surface area contributed by atoms with Crippen LogP contribution in [0.3, 0.4) is 0 Å². The summed E-state index contributed by atoms with van der Waals surface area (Å²) in [5.74, 6) is -0.377. The number of hydrogen-bond acceptors (Lipinski definition) is 6. The zero-order chi connectivity index (χ0) is 21.7. The van der Waals surface area contributed by atoms with Gasteiger partial charge in [-0.05, 0) is 24.1 Å². The Bertz CT molecular complexity index is 1140. The Balaban J connectivity index is 1.80. The number of nitrogens with one attached hydrogen (secondary N) is 1. The molecule has 0 aliphatic rings. The SMILES string of the molecule is CCc1ccc(-c2ccc(=O)n(CC(=O)Nc3ccc([N+](=O)[O-])cc3OC)n2)cc1. The summed E-state index contributed by atoms with van der Waals surface area (Å²) in [4.78, 5) is 34.9. The molecule has 3 aromatic rings. The van der Waals surface area contributed by atoms with Crippen LogP contribution in [-0.4, -0.2) is 27.7 Å². The number of carbonyl (C=O) groups is 1. The molecule has 0 spiro atoms. The van der Waals surface area contributed by atoms with E-state index in [9.17, 15) is 19.7 Å². The van der Waals surface area contributed by atoms with Crippen LogP contribution in [-0.2, 0) is 17.8 Å². The van der Waals surface area contributed by atoms with Gasteiger partial charge >= 0.3 is 0 Å². The number of non-ortho nitro benzene ring substituents is 1. The summed E-state index contributed by atoms with van der Waals surface area (Å²) in [6.45, 7) is 1.74. The third kappa shape index (κ3) is 4.69. The molecule has 9 nitrogen and oxygen atoms in total. The second-order valence-corrected chi connectivity index (χ2v) is 6.45. The van der Waals surface area contributed by atoms with Crippen LogP contribution in [0.5, 0.6) is 5.75 Å². The molecule has 1 heterocycles. The van der Waals surface area contributed by atoms with Gasteiger partial charge < -0.3 is 10.1 Å². The number of amides is 1. The Morgan fingerprint density at radius 1 is 1.17 bits per heavy atom. The van der Waals surface area contributed by atoms with E-state index in [0.29, 0.717) is 5.69 Å². The van der Waals surface area contributed by atoms with E-state index in [-0.39, 0.29) is 23.7 Å². The van der Waals surface area contributed by atoms with Crippen LogP contribution in [0.15, 0.2) is 59.4 Å². The molecule has 154 valence electrons. The monoisotopic (exact) mass is 408 g/mol. The third-order valence-electron chi connectivity index (χ3n) is 4.49. The second-order valence-electron chi connectivity index (χ2n) is 6.45. The van der Waals surface area contributed by atoms with Gasteiger partial charge in [-0.25, -0.2) is 4.68 Å². The lowest BCUT2D eigenvalue weighted by Crippen LogP contribution is -2.29. The Morgan fingerprint density at radius 2 is 1.90 bits per heavy atom. The number of methoxy groups -OCH3 is 1. The highest BCUT2D eigenvalue weighted by Crippen LogP contribution is 2.29. The van der Waals surface area contributed by atoms with E-state index >= 15 is 0 Å². The van der Waals surface area contributed by atoms with Crippen LogP contribution in [0.2, 0.25) is 0 Å². The molecule has 0 saturated heterocycles. The lowest BCUT2D eigenvalue weighted by Gasteiger charge is -2.11. The predicted octanol–water partition coefficient (Wildman–Crippen LogP) is 3.03. The van der Waals surface area contributed by atoms with E-state index in [1.807, 2.05) is 24.3 Å². The van der Waals surface area contributed by atoms with Gasteiger partial charge in [0.15, 0.2) is 0 Å². The summed E-state index contributed by atoms with van der Waals surface area (Å²) in [5, 5.41) is 17.8. The number of nitro benzene ring substituents is 1. The molecule has 2 aromatic carbocycles. The first-order valence-corrected chi connectivity index (χ1v) is 9.21. The van der Waals surface area contributed by atoms with Crippen molar-refractivity contribution >= 4 is 17.3 Å². The number of carbonyl (C=O) groups excluding carboxylic acids is 1. The van der Waals surface area contributed by atoms with Crippen LogP contribution in [0.1, 0.15) is 12.5 Å². The van der Waals surface area contributed by atoms with Gasteiger partial charge in [-0.1, -0.05) is 31.2 Å². The van der Waals surface area contributed by atoms with Crippen molar-refractivity contribution in [3.8, 4) is 17.0 Å². The minimum Gasteiger partial charge on any atom is -0.494 e. The predicted molar refractivity (Wildman–Crippen MR) is 112 cm³/mol.